The van der Waals surface area contributed by atoms with Crippen LogP contribution in [0, 0.1) is 5.92 Å². The Hall–Kier alpha value is -1.17. The van der Waals surface area contributed by atoms with Gasteiger partial charge in [0.15, 0.2) is 0 Å². The average Bonchev–Trinajstić information content (AvgIpc) is 2.37. The first kappa shape index (κ1) is 12.3. The minimum atomic E-state index is 0.278. The highest BCUT2D eigenvalue weighted by Gasteiger charge is 2.23. The molecular formula is C12H20N4O. The van der Waals surface area contributed by atoms with E-state index >= 15 is 0 Å². The molecule has 1 aromatic heterocycles. The molecule has 1 fully saturated rings. The average molecular weight is 236 g/mol. The lowest BCUT2D eigenvalue weighted by Crippen LogP contribution is -2.44. The van der Waals surface area contributed by atoms with Gasteiger partial charge < -0.3 is 10.5 Å². The summed E-state index contributed by atoms with van der Waals surface area (Å²) in [5.74, 6) is 6.78. The van der Waals surface area contributed by atoms with Gasteiger partial charge in [0.25, 0.3) is 0 Å². The molecule has 5 N–H and O–H groups in total. The molecule has 0 saturated carbocycles. The molecular weight excluding hydrogens is 216 g/mol. The maximum absolute atomic E-state index is 5.67. The minimum Gasteiger partial charge on any atom is -0.384 e. The quantitative estimate of drug-likeness (QED) is 0.522. The third-order valence-corrected chi connectivity index (χ3v) is 3.35. The van der Waals surface area contributed by atoms with Gasteiger partial charge in [-0.1, -0.05) is 0 Å². The monoisotopic (exact) mass is 236 g/mol. The van der Waals surface area contributed by atoms with E-state index in [4.69, 9.17) is 16.3 Å². The van der Waals surface area contributed by atoms with E-state index < -0.39 is 0 Å². The van der Waals surface area contributed by atoms with Crippen molar-refractivity contribution in [2.45, 2.75) is 25.3 Å². The molecule has 1 aliphatic rings. The molecule has 1 atom stereocenters. The van der Waals surface area contributed by atoms with E-state index in [9.17, 15) is 0 Å². The van der Waals surface area contributed by atoms with Crippen LogP contribution >= 0.6 is 0 Å². The summed E-state index contributed by atoms with van der Waals surface area (Å²) in [6, 6.07) is 4.17. The van der Waals surface area contributed by atoms with Crippen LogP contribution in [0.15, 0.2) is 18.3 Å². The van der Waals surface area contributed by atoms with Crippen LogP contribution in [0.4, 0.5) is 5.82 Å². The summed E-state index contributed by atoms with van der Waals surface area (Å²) >= 11 is 0. The normalized spacial score (nSPS) is 19.1. The molecule has 5 heteroatoms. The lowest BCUT2D eigenvalue weighted by Gasteiger charge is -2.29. The fourth-order valence-electron chi connectivity index (χ4n) is 2.36. The van der Waals surface area contributed by atoms with Crippen LogP contribution in [0.1, 0.15) is 18.4 Å². The highest BCUT2D eigenvalue weighted by Crippen LogP contribution is 2.21. The summed E-state index contributed by atoms with van der Waals surface area (Å²) in [6.45, 7) is 1.67. The van der Waals surface area contributed by atoms with E-state index in [1.807, 2.05) is 12.1 Å². The highest BCUT2D eigenvalue weighted by atomic mass is 16.5. The van der Waals surface area contributed by atoms with Crippen molar-refractivity contribution in [1.82, 2.24) is 10.4 Å². The predicted octanol–water partition coefficient (Wildman–Crippen LogP) is 0.465. The molecule has 1 unspecified atom stereocenters. The van der Waals surface area contributed by atoms with E-state index in [0.717, 1.165) is 32.5 Å². The second kappa shape index (κ2) is 5.95. The van der Waals surface area contributed by atoms with Crippen LogP contribution in [-0.4, -0.2) is 24.2 Å². The minimum absolute atomic E-state index is 0.278. The Kier molecular flexibility index (Phi) is 4.30. The number of aromatic nitrogens is 1. The van der Waals surface area contributed by atoms with Crippen LogP contribution < -0.4 is 17.0 Å². The zero-order chi connectivity index (χ0) is 12.1. The number of nitrogens with two attached hydrogens (primary N) is 2. The molecule has 1 aliphatic heterocycles. The smallest absolute Gasteiger partial charge is 0.123 e. The van der Waals surface area contributed by atoms with Gasteiger partial charge in [0, 0.05) is 25.5 Å². The van der Waals surface area contributed by atoms with Gasteiger partial charge in [-0.2, -0.15) is 0 Å². The summed E-state index contributed by atoms with van der Waals surface area (Å²) < 4.78 is 5.37. The standard InChI is InChI=1S/C12H20N4O/c13-12-8-9(1-4-15-12)7-11(16-14)10-2-5-17-6-3-10/h1,4,8,10-11,16H,2-3,5-7,14H2,(H2,13,15). The Morgan fingerprint density at radius 3 is 2.88 bits per heavy atom. The lowest BCUT2D eigenvalue weighted by atomic mass is 9.88. The van der Waals surface area contributed by atoms with Gasteiger partial charge in [-0.25, -0.2) is 4.98 Å². The molecule has 0 spiro atoms. The Balaban J connectivity index is 1.98. The first-order valence-corrected chi connectivity index (χ1v) is 6.04. The number of pyridine rings is 1. The van der Waals surface area contributed by atoms with Crippen molar-refractivity contribution < 1.29 is 4.74 Å². The topological polar surface area (TPSA) is 86.2 Å². The maximum atomic E-state index is 5.67. The molecule has 0 radical (unpaired) electrons. The molecule has 17 heavy (non-hydrogen) atoms. The number of hydrogen-bond donors (Lipinski definition) is 3. The van der Waals surface area contributed by atoms with E-state index in [0.29, 0.717) is 11.7 Å². The van der Waals surface area contributed by atoms with Crippen LogP contribution in [0.5, 0.6) is 0 Å². The summed E-state index contributed by atoms with van der Waals surface area (Å²) in [6.07, 6.45) is 4.75. The van der Waals surface area contributed by atoms with Gasteiger partial charge in [0.05, 0.1) is 0 Å². The number of rotatable bonds is 4. The van der Waals surface area contributed by atoms with E-state index in [1.54, 1.807) is 6.20 Å². The number of ether oxygens (including phenoxy) is 1. The van der Waals surface area contributed by atoms with E-state index in [-0.39, 0.29) is 6.04 Å². The molecule has 0 aliphatic carbocycles. The largest absolute Gasteiger partial charge is 0.384 e. The number of hydrogen-bond acceptors (Lipinski definition) is 5. The van der Waals surface area contributed by atoms with Crippen LogP contribution in [0.3, 0.4) is 0 Å². The SMILES string of the molecule is NNC(Cc1ccnc(N)c1)C1CCOCC1. The fourth-order valence-corrected chi connectivity index (χ4v) is 2.36. The number of nitrogens with zero attached hydrogens (tertiary/aromatic N) is 1. The molecule has 0 amide bonds. The maximum Gasteiger partial charge on any atom is 0.123 e. The summed E-state index contributed by atoms with van der Waals surface area (Å²) in [4.78, 5) is 3.99. The number of anilines is 1. The highest BCUT2D eigenvalue weighted by molar-refractivity contribution is 5.32. The summed E-state index contributed by atoms with van der Waals surface area (Å²) in [5, 5.41) is 0. The number of nitrogens with one attached hydrogen (secondary N) is 1. The van der Waals surface area contributed by atoms with Gasteiger partial charge in [0.2, 0.25) is 0 Å². The number of nitrogen functional groups attached to an aromatic ring is 1. The van der Waals surface area contributed by atoms with Gasteiger partial charge in [-0.05, 0) is 42.9 Å². The molecule has 2 rings (SSSR count). The fraction of sp³-hybridized carbons (Fsp3) is 0.583. The molecule has 94 valence electrons. The van der Waals surface area contributed by atoms with Crippen molar-refractivity contribution in [1.29, 1.82) is 0 Å². The first-order chi connectivity index (χ1) is 8.29. The predicted molar refractivity (Wildman–Crippen MR) is 67.0 cm³/mol. The van der Waals surface area contributed by atoms with Crippen LogP contribution in [-0.2, 0) is 11.2 Å². The lowest BCUT2D eigenvalue weighted by molar-refractivity contribution is 0.0538. The van der Waals surface area contributed by atoms with Crippen molar-refractivity contribution in [3.8, 4) is 0 Å². The zero-order valence-electron chi connectivity index (χ0n) is 9.93. The molecule has 0 bridgehead atoms. The van der Waals surface area contributed by atoms with Crippen molar-refractivity contribution in [2.75, 3.05) is 18.9 Å². The molecule has 1 aromatic rings. The molecule has 5 nitrogen and oxygen atoms in total. The van der Waals surface area contributed by atoms with Gasteiger partial charge in [0.1, 0.15) is 5.82 Å². The van der Waals surface area contributed by atoms with Crippen molar-refractivity contribution in [3.63, 3.8) is 0 Å². The number of hydrazine groups is 1. The molecule has 0 aromatic carbocycles. The third kappa shape index (κ3) is 3.39. The van der Waals surface area contributed by atoms with Crippen molar-refractivity contribution >= 4 is 5.82 Å². The Morgan fingerprint density at radius 2 is 2.24 bits per heavy atom. The Morgan fingerprint density at radius 1 is 1.47 bits per heavy atom. The van der Waals surface area contributed by atoms with E-state index in [2.05, 4.69) is 10.4 Å². The second-order valence-electron chi connectivity index (χ2n) is 4.52. The Bertz CT molecular complexity index is 352. The zero-order valence-corrected chi connectivity index (χ0v) is 9.93. The van der Waals surface area contributed by atoms with Crippen molar-refractivity contribution in [2.24, 2.45) is 11.8 Å². The van der Waals surface area contributed by atoms with Crippen LogP contribution in [0.25, 0.3) is 0 Å². The first-order valence-electron chi connectivity index (χ1n) is 6.04. The molecule has 2 heterocycles. The van der Waals surface area contributed by atoms with Crippen LogP contribution in [0.2, 0.25) is 0 Å². The Labute approximate surface area is 102 Å². The summed E-state index contributed by atoms with van der Waals surface area (Å²) in [5.41, 5.74) is 9.77. The van der Waals surface area contributed by atoms with E-state index in [1.165, 1.54) is 5.56 Å². The summed E-state index contributed by atoms with van der Waals surface area (Å²) in [7, 11) is 0. The van der Waals surface area contributed by atoms with Gasteiger partial charge in [-0.3, -0.25) is 11.3 Å². The van der Waals surface area contributed by atoms with Gasteiger partial charge in [-0.15, -0.1) is 0 Å². The third-order valence-electron chi connectivity index (χ3n) is 3.35. The van der Waals surface area contributed by atoms with Gasteiger partial charge >= 0.3 is 0 Å². The second-order valence-corrected chi connectivity index (χ2v) is 4.52. The molecule has 1 saturated heterocycles. The van der Waals surface area contributed by atoms with Crippen molar-refractivity contribution in [3.05, 3.63) is 23.9 Å².